The van der Waals surface area contributed by atoms with Crippen molar-refractivity contribution in [3.8, 4) is 0 Å². The summed E-state index contributed by atoms with van der Waals surface area (Å²) in [6.07, 6.45) is 1.13. The van der Waals surface area contributed by atoms with Gasteiger partial charge in [-0.25, -0.2) is 0 Å². The molecule has 0 aliphatic carbocycles. The smallest absolute Gasteiger partial charge is 0.0664 e. The lowest BCUT2D eigenvalue weighted by Gasteiger charge is -2.38. The van der Waals surface area contributed by atoms with Gasteiger partial charge in [0.2, 0.25) is 0 Å². The number of hydrogen-bond acceptors (Lipinski definition) is 1. The SMILES string of the molecule is Cc1cccc2c1CCNC2(C)c1ccccc1. The average molecular weight is 237 g/mol. The Hall–Kier alpha value is -1.60. The van der Waals surface area contributed by atoms with Crippen LogP contribution in [0.3, 0.4) is 0 Å². The third-order valence-corrected chi connectivity index (χ3v) is 4.15. The minimum absolute atomic E-state index is 0.0547. The zero-order valence-corrected chi connectivity index (χ0v) is 11.0. The van der Waals surface area contributed by atoms with E-state index in [-0.39, 0.29) is 5.54 Å². The summed E-state index contributed by atoms with van der Waals surface area (Å²) in [5.41, 5.74) is 5.65. The van der Waals surface area contributed by atoms with E-state index < -0.39 is 0 Å². The molecule has 0 saturated heterocycles. The fourth-order valence-electron chi connectivity index (χ4n) is 3.06. The third kappa shape index (κ3) is 1.67. The summed E-state index contributed by atoms with van der Waals surface area (Å²) in [7, 11) is 0. The van der Waals surface area contributed by atoms with Crippen LogP contribution in [0.15, 0.2) is 48.5 Å². The molecule has 0 saturated carbocycles. The Morgan fingerprint density at radius 2 is 1.78 bits per heavy atom. The van der Waals surface area contributed by atoms with Crippen LogP contribution in [0.4, 0.5) is 0 Å². The summed E-state index contributed by atoms with van der Waals surface area (Å²) < 4.78 is 0. The molecule has 0 radical (unpaired) electrons. The van der Waals surface area contributed by atoms with Crippen LogP contribution in [0.1, 0.15) is 29.2 Å². The van der Waals surface area contributed by atoms with E-state index >= 15 is 0 Å². The Balaban J connectivity index is 2.19. The molecule has 1 aliphatic heterocycles. The summed E-state index contributed by atoms with van der Waals surface area (Å²) in [6.45, 7) is 5.55. The lowest BCUT2D eigenvalue weighted by atomic mass is 9.77. The van der Waals surface area contributed by atoms with Gasteiger partial charge in [-0.1, -0.05) is 48.5 Å². The van der Waals surface area contributed by atoms with E-state index in [9.17, 15) is 0 Å². The van der Waals surface area contributed by atoms with Gasteiger partial charge in [-0.2, -0.15) is 0 Å². The van der Waals surface area contributed by atoms with Gasteiger partial charge in [0.1, 0.15) is 0 Å². The summed E-state index contributed by atoms with van der Waals surface area (Å²) >= 11 is 0. The average Bonchev–Trinajstić information content (AvgIpc) is 2.41. The minimum Gasteiger partial charge on any atom is -0.304 e. The normalized spacial score (nSPS) is 22.6. The molecule has 92 valence electrons. The van der Waals surface area contributed by atoms with Crippen LogP contribution < -0.4 is 5.32 Å². The highest BCUT2D eigenvalue weighted by Crippen LogP contribution is 2.35. The molecular weight excluding hydrogens is 218 g/mol. The highest BCUT2D eigenvalue weighted by Gasteiger charge is 2.33. The number of fused-ring (bicyclic) bond motifs is 1. The van der Waals surface area contributed by atoms with Crippen LogP contribution in [0.25, 0.3) is 0 Å². The molecule has 1 nitrogen and oxygen atoms in total. The third-order valence-electron chi connectivity index (χ3n) is 4.15. The maximum absolute atomic E-state index is 3.70. The van der Waals surface area contributed by atoms with Crippen LogP contribution >= 0.6 is 0 Å². The van der Waals surface area contributed by atoms with Crippen molar-refractivity contribution < 1.29 is 0 Å². The highest BCUT2D eigenvalue weighted by atomic mass is 15.0. The maximum atomic E-state index is 3.70. The molecule has 1 heteroatoms. The van der Waals surface area contributed by atoms with Crippen molar-refractivity contribution in [2.24, 2.45) is 0 Å². The van der Waals surface area contributed by atoms with Crippen molar-refractivity contribution in [1.29, 1.82) is 0 Å². The molecule has 1 aliphatic rings. The van der Waals surface area contributed by atoms with Gasteiger partial charge in [0.25, 0.3) is 0 Å². The predicted octanol–water partition coefficient (Wildman–Crippen LogP) is 3.40. The highest BCUT2D eigenvalue weighted by molar-refractivity contribution is 5.47. The Morgan fingerprint density at radius 3 is 2.56 bits per heavy atom. The van der Waals surface area contributed by atoms with E-state index in [4.69, 9.17) is 0 Å². The van der Waals surface area contributed by atoms with E-state index in [1.54, 1.807) is 0 Å². The lowest BCUT2D eigenvalue weighted by molar-refractivity contribution is 0.414. The van der Waals surface area contributed by atoms with Gasteiger partial charge in [0, 0.05) is 6.54 Å². The first-order valence-electron chi connectivity index (χ1n) is 6.61. The molecule has 18 heavy (non-hydrogen) atoms. The summed E-state index contributed by atoms with van der Waals surface area (Å²) in [5, 5.41) is 3.70. The first-order chi connectivity index (χ1) is 8.72. The van der Waals surface area contributed by atoms with E-state index in [2.05, 4.69) is 67.7 Å². The molecular formula is C17H19N. The minimum atomic E-state index is -0.0547. The molecule has 1 unspecified atom stereocenters. The van der Waals surface area contributed by atoms with Crippen molar-refractivity contribution in [2.75, 3.05) is 6.54 Å². The van der Waals surface area contributed by atoms with Gasteiger partial charge in [0.05, 0.1) is 5.54 Å². The molecule has 0 aromatic heterocycles. The van der Waals surface area contributed by atoms with Crippen molar-refractivity contribution >= 4 is 0 Å². The quantitative estimate of drug-likeness (QED) is 0.801. The first-order valence-corrected chi connectivity index (χ1v) is 6.61. The lowest BCUT2D eigenvalue weighted by Crippen LogP contribution is -2.46. The monoisotopic (exact) mass is 237 g/mol. The van der Waals surface area contributed by atoms with Crippen molar-refractivity contribution in [3.05, 3.63) is 70.8 Å². The Bertz CT molecular complexity index is 559. The second-order valence-corrected chi connectivity index (χ2v) is 5.27. The Morgan fingerprint density at radius 1 is 1.00 bits per heavy atom. The predicted molar refractivity (Wildman–Crippen MR) is 75.8 cm³/mol. The van der Waals surface area contributed by atoms with Crippen molar-refractivity contribution in [3.63, 3.8) is 0 Å². The molecule has 3 rings (SSSR count). The van der Waals surface area contributed by atoms with Gasteiger partial charge in [0.15, 0.2) is 0 Å². The van der Waals surface area contributed by atoms with Gasteiger partial charge in [-0.15, -0.1) is 0 Å². The summed E-state index contributed by atoms with van der Waals surface area (Å²) in [4.78, 5) is 0. The van der Waals surface area contributed by atoms with Gasteiger partial charge < -0.3 is 5.32 Å². The fraction of sp³-hybridized carbons (Fsp3) is 0.294. The molecule has 1 N–H and O–H groups in total. The number of nitrogens with one attached hydrogen (secondary N) is 1. The molecule has 1 atom stereocenters. The molecule has 0 spiro atoms. The first kappa shape index (κ1) is 11.5. The van der Waals surface area contributed by atoms with Gasteiger partial charge in [-0.05, 0) is 42.5 Å². The molecule has 0 amide bonds. The molecule has 2 aromatic carbocycles. The second kappa shape index (κ2) is 4.25. The van der Waals surface area contributed by atoms with Crippen LogP contribution in [0.2, 0.25) is 0 Å². The van der Waals surface area contributed by atoms with E-state index in [0.29, 0.717) is 0 Å². The van der Waals surface area contributed by atoms with Crippen molar-refractivity contribution in [1.82, 2.24) is 5.32 Å². The van der Waals surface area contributed by atoms with Gasteiger partial charge in [-0.3, -0.25) is 0 Å². The van der Waals surface area contributed by atoms with E-state index in [0.717, 1.165) is 13.0 Å². The van der Waals surface area contributed by atoms with Crippen LogP contribution in [0.5, 0.6) is 0 Å². The summed E-state index contributed by atoms with van der Waals surface area (Å²) in [6, 6.07) is 17.4. The topological polar surface area (TPSA) is 12.0 Å². The molecule has 1 heterocycles. The number of benzene rings is 2. The standard InChI is InChI=1S/C17H19N/c1-13-7-6-10-16-15(13)11-12-18-17(16,2)14-8-4-3-5-9-14/h3-10,18H,11-12H2,1-2H3. The zero-order valence-electron chi connectivity index (χ0n) is 11.0. The number of rotatable bonds is 1. The largest absolute Gasteiger partial charge is 0.304 e. The van der Waals surface area contributed by atoms with E-state index in [1.807, 2.05) is 0 Å². The number of aryl methyl sites for hydroxylation is 1. The zero-order chi connectivity index (χ0) is 12.6. The molecule has 0 fully saturated rings. The Labute approximate surface area is 109 Å². The summed E-state index contributed by atoms with van der Waals surface area (Å²) in [5.74, 6) is 0. The second-order valence-electron chi connectivity index (χ2n) is 5.27. The van der Waals surface area contributed by atoms with E-state index in [1.165, 1.54) is 22.3 Å². The van der Waals surface area contributed by atoms with Crippen molar-refractivity contribution in [2.45, 2.75) is 25.8 Å². The maximum Gasteiger partial charge on any atom is 0.0664 e. The van der Waals surface area contributed by atoms with Gasteiger partial charge >= 0.3 is 0 Å². The van der Waals surface area contributed by atoms with Crippen LogP contribution in [0, 0.1) is 6.92 Å². The Kier molecular flexibility index (Phi) is 2.71. The van der Waals surface area contributed by atoms with Crippen LogP contribution in [-0.2, 0) is 12.0 Å². The number of hydrogen-bond donors (Lipinski definition) is 1. The molecule has 2 aromatic rings. The fourth-order valence-corrected chi connectivity index (χ4v) is 3.06. The molecule has 0 bridgehead atoms. The van der Waals surface area contributed by atoms with Crippen LogP contribution in [-0.4, -0.2) is 6.54 Å².